The van der Waals surface area contributed by atoms with Gasteiger partial charge < -0.3 is 0 Å². The summed E-state index contributed by atoms with van der Waals surface area (Å²) in [6.07, 6.45) is 1.59. The molecule has 0 aliphatic carbocycles. The van der Waals surface area contributed by atoms with Crippen LogP contribution in [0.4, 0.5) is 5.69 Å². The van der Waals surface area contributed by atoms with E-state index < -0.39 is 11.0 Å². The molecule has 0 radical (unpaired) electrons. The average Bonchev–Trinajstić information content (AvgIpc) is 2.67. The van der Waals surface area contributed by atoms with Crippen LogP contribution in [0, 0.1) is 18.3 Å². The summed E-state index contributed by atoms with van der Waals surface area (Å²) >= 11 is 0. The van der Waals surface area contributed by atoms with Crippen LogP contribution in [0.5, 0.6) is 0 Å². The molecule has 7 heteroatoms. The first-order valence-corrected chi connectivity index (χ1v) is 10.1. The number of nitrogens with one attached hydrogen (secondary N) is 1. The molecule has 1 fully saturated rings. The van der Waals surface area contributed by atoms with Gasteiger partial charge in [-0.15, -0.1) is 0 Å². The number of aromatic nitrogens is 1. The topological polar surface area (TPSA) is 92.4 Å². The van der Waals surface area contributed by atoms with E-state index in [2.05, 4.69) is 40.9 Å². The molecule has 1 aromatic heterocycles. The molecule has 0 amide bonds. The van der Waals surface area contributed by atoms with Gasteiger partial charge in [-0.05, 0) is 42.1 Å². The lowest BCUT2D eigenvalue weighted by Gasteiger charge is -2.50. The van der Waals surface area contributed by atoms with E-state index in [1.54, 1.807) is 16.6 Å². The molecule has 0 bridgehead atoms. The second kappa shape index (κ2) is 6.83. The summed E-state index contributed by atoms with van der Waals surface area (Å²) in [5, 5.41) is 10.8. The SMILES string of the molecule is Cc1cccc([C@H]2CNS(O)(O)N(c3ccc4c(C#N)nccc4c3)C2)c1. The quantitative estimate of drug-likeness (QED) is 0.617. The van der Waals surface area contributed by atoms with Crippen molar-refractivity contribution >= 4 is 27.4 Å². The summed E-state index contributed by atoms with van der Waals surface area (Å²) in [7, 11) is -3.11. The van der Waals surface area contributed by atoms with Gasteiger partial charge in [-0.25, -0.2) is 9.71 Å². The molecule has 3 aromatic rings. The minimum atomic E-state index is -3.11. The monoisotopic (exact) mass is 380 g/mol. The average molecular weight is 380 g/mol. The molecule has 0 saturated carbocycles. The van der Waals surface area contributed by atoms with Gasteiger partial charge in [-0.2, -0.15) is 5.26 Å². The molecule has 0 spiro atoms. The van der Waals surface area contributed by atoms with Crippen molar-refractivity contribution in [1.82, 2.24) is 9.71 Å². The Bertz CT molecular complexity index is 1050. The van der Waals surface area contributed by atoms with E-state index in [9.17, 15) is 14.4 Å². The number of hydrogen-bond acceptors (Lipinski definition) is 6. The zero-order chi connectivity index (χ0) is 19.0. The van der Waals surface area contributed by atoms with Gasteiger partial charge in [0.1, 0.15) is 11.8 Å². The number of nitrogens with zero attached hydrogens (tertiary/aromatic N) is 3. The molecule has 0 unspecified atom stereocenters. The highest BCUT2D eigenvalue weighted by Crippen LogP contribution is 2.47. The van der Waals surface area contributed by atoms with Gasteiger partial charge in [0.15, 0.2) is 0 Å². The minimum Gasteiger partial charge on any atom is -0.269 e. The molecule has 4 rings (SSSR count). The van der Waals surface area contributed by atoms with Crippen molar-refractivity contribution in [2.75, 3.05) is 17.4 Å². The minimum absolute atomic E-state index is 0.132. The standard InChI is InChI=1S/C20H20N4O2S/c1-14-3-2-4-15(9-14)17-12-23-27(25,26)24(13-17)18-5-6-19-16(10-18)7-8-22-20(19)11-21/h2-10,17,23,25-26H,12-13H2,1H3/t17-/m0/s1. The van der Waals surface area contributed by atoms with E-state index in [4.69, 9.17) is 0 Å². The summed E-state index contributed by atoms with van der Waals surface area (Å²) in [6.45, 7) is 3.04. The third-order valence-electron chi connectivity index (χ3n) is 4.87. The fourth-order valence-electron chi connectivity index (χ4n) is 3.47. The molecule has 6 nitrogen and oxygen atoms in total. The number of aryl methyl sites for hydroxylation is 1. The van der Waals surface area contributed by atoms with Gasteiger partial charge in [0.05, 0.1) is 5.69 Å². The first kappa shape index (κ1) is 17.8. The van der Waals surface area contributed by atoms with Crippen molar-refractivity contribution in [3.63, 3.8) is 0 Å². The summed E-state index contributed by atoms with van der Waals surface area (Å²) in [4.78, 5) is 4.08. The van der Waals surface area contributed by atoms with Gasteiger partial charge in [0.2, 0.25) is 0 Å². The smallest absolute Gasteiger partial charge is 0.148 e. The van der Waals surface area contributed by atoms with Gasteiger partial charge >= 0.3 is 0 Å². The van der Waals surface area contributed by atoms with Gasteiger partial charge in [0.25, 0.3) is 0 Å². The fraction of sp³-hybridized carbons (Fsp3) is 0.200. The Balaban J connectivity index is 1.72. The van der Waals surface area contributed by atoms with Gasteiger partial charge in [-0.1, -0.05) is 40.8 Å². The van der Waals surface area contributed by atoms with Crippen molar-refractivity contribution < 1.29 is 9.11 Å². The second-order valence-corrected chi connectivity index (χ2v) is 8.48. The molecule has 1 aliphatic heterocycles. The Morgan fingerprint density at radius 2 is 2.07 bits per heavy atom. The summed E-state index contributed by atoms with van der Waals surface area (Å²) in [5.74, 6) is 0.132. The molecule has 1 atom stereocenters. The number of anilines is 1. The maximum absolute atomic E-state index is 10.6. The highest BCUT2D eigenvalue weighted by molar-refractivity contribution is 8.23. The Kier molecular flexibility index (Phi) is 4.50. The Morgan fingerprint density at radius 3 is 2.85 bits per heavy atom. The highest BCUT2D eigenvalue weighted by Gasteiger charge is 2.32. The molecule has 2 aromatic carbocycles. The fourth-order valence-corrected chi connectivity index (χ4v) is 4.84. The molecule has 27 heavy (non-hydrogen) atoms. The van der Waals surface area contributed by atoms with E-state index >= 15 is 0 Å². The lowest BCUT2D eigenvalue weighted by Crippen LogP contribution is -2.47. The van der Waals surface area contributed by atoms with Crippen molar-refractivity contribution in [2.45, 2.75) is 12.8 Å². The summed E-state index contributed by atoms with van der Waals surface area (Å²) < 4.78 is 25.7. The van der Waals surface area contributed by atoms with E-state index in [0.29, 0.717) is 24.5 Å². The van der Waals surface area contributed by atoms with E-state index in [1.165, 1.54) is 11.1 Å². The van der Waals surface area contributed by atoms with Crippen LogP contribution in [0.25, 0.3) is 10.8 Å². The molecule has 3 N–H and O–H groups in total. The van der Waals surface area contributed by atoms with Crippen LogP contribution in [0.1, 0.15) is 22.7 Å². The largest absolute Gasteiger partial charge is 0.269 e. The number of rotatable bonds is 2. The third kappa shape index (κ3) is 3.36. The Labute approximate surface area is 159 Å². The lowest BCUT2D eigenvalue weighted by atomic mass is 9.97. The normalized spacial score (nSPS) is 20.2. The highest BCUT2D eigenvalue weighted by atomic mass is 32.3. The second-order valence-electron chi connectivity index (χ2n) is 6.72. The van der Waals surface area contributed by atoms with Crippen LogP contribution in [0.15, 0.2) is 54.7 Å². The van der Waals surface area contributed by atoms with Crippen LogP contribution in [0.2, 0.25) is 0 Å². The molecular weight excluding hydrogens is 360 g/mol. The van der Waals surface area contributed by atoms with Crippen molar-refractivity contribution in [2.24, 2.45) is 0 Å². The third-order valence-corrected chi connectivity index (χ3v) is 6.40. The number of nitriles is 1. The van der Waals surface area contributed by atoms with Crippen molar-refractivity contribution in [1.29, 1.82) is 5.26 Å². The van der Waals surface area contributed by atoms with Crippen LogP contribution in [0.3, 0.4) is 0 Å². The van der Waals surface area contributed by atoms with Crippen molar-refractivity contribution in [3.05, 3.63) is 71.5 Å². The van der Waals surface area contributed by atoms with Gasteiger partial charge in [0, 0.05) is 30.6 Å². The Morgan fingerprint density at radius 1 is 1.22 bits per heavy atom. The molecule has 1 saturated heterocycles. The number of pyridine rings is 1. The van der Waals surface area contributed by atoms with Crippen LogP contribution in [-0.4, -0.2) is 27.2 Å². The maximum atomic E-state index is 10.6. The van der Waals surface area contributed by atoms with E-state index in [0.717, 1.165) is 10.8 Å². The summed E-state index contributed by atoms with van der Waals surface area (Å²) in [6, 6.07) is 17.7. The zero-order valence-corrected chi connectivity index (χ0v) is 15.6. The zero-order valence-electron chi connectivity index (χ0n) is 14.8. The Hall–Kier alpha value is -2.63. The first-order chi connectivity index (χ1) is 13.0. The first-order valence-electron chi connectivity index (χ1n) is 8.64. The van der Waals surface area contributed by atoms with Crippen LogP contribution in [-0.2, 0) is 0 Å². The number of fused-ring (bicyclic) bond motifs is 1. The van der Waals surface area contributed by atoms with Crippen molar-refractivity contribution in [3.8, 4) is 6.07 Å². The number of hydrogen-bond donors (Lipinski definition) is 3. The van der Waals surface area contributed by atoms with Crippen LogP contribution >= 0.6 is 11.0 Å². The summed E-state index contributed by atoms with van der Waals surface area (Å²) in [5.41, 5.74) is 3.40. The number of benzene rings is 2. The molecule has 1 aliphatic rings. The predicted octanol–water partition coefficient (Wildman–Crippen LogP) is 4.19. The van der Waals surface area contributed by atoms with E-state index in [-0.39, 0.29) is 5.92 Å². The van der Waals surface area contributed by atoms with Gasteiger partial charge in [-0.3, -0.25) is 13.4 Å². The lowest BCUT2D eigenvalue weighted by molar-refractivity contribution is 0.441. The maximum Gasteiger partial charge on any atom is 0.148 e. The molecule has 138 valence electrons. The van der Waals surface area contributed by atoms with E-state index in [1.807, 2.05) is 24.3 Å². The van der Waals surface area contributed by atoms with Crippen LogP contribution < -0.4 is 9.03 Å². The molecule has 2 heterocycles. The molecular formula is C20H20N4O2S. The predicted molar refractivity (Wildman–Crippen MR) is 109 cm³/mol.